The second-order valence-corrected chi connectivity index (χ2v) is 18.4. The Labute approximate surface area is 392 Å². The smallest absolute Gasteiger partial charge is 0.145 e. The van der Waals surface area contributed by atoms with E-state index in [1.54, 1.807) is 0 Å². The standard InChI is InChI=1S/C62H52N4O/c1-39(2)54-35-49(47-29-27-46(28-30-47)45-25-23-44(24-26-45)43-15-8-7-9-16-43)36-55(40(3)4)61(54)66-58-22-13-11-20-56(58)64-62(66)48-17-14-18-50(34-48)67-51-31-32-53-52-19-10-12-21-57(52)65(59(53)37-51)60-33-41(5)42(6)38-63-60/h7-40H,1-6H3. The predicted octanol–water partition coefficient (Wildman–Crippen LogP) is 16.8. The molecule has 0 aliphatic carbocycles. The van der Waals surface area contributed by atoms with E-state index >= 15 is 0 Å². The van der Waals surface area contributed by atoms with Crippen molar-refractivity contribution >= 4 is 32.8 Å². The van der Waals surface area contributed by atoms with Gasteiger partial charge in [-0.25, -0.2) is 9.97 Å². The topological polar surface area (TPSA) is 44.9 Å². The summed E-state index contributed by atoms with van der Waals surface area (Å²) in [6, 6.07) is 67.2. The Kier molecular flexibility index (Phi) is 10.6. The molecule has 0 atom stereocenters. The quantitative estimate of drug-likeness (QED) is 0.138. The van der Waals surface area contributed by atoms with Crippen molar-refractivity contribution in [1.82, 2.24) is 19.1 Å². The summed E-state index contributed by atoms with van der Waals surface area (Å²) >= 11 is 0. The molecule has 67 heavy (non-hydrogen) atoms. The summed E-state index contributed by atoms with van der Waals surface area (Å²) in [4.78, 5) is 10.3. The largest absolute Gasteiger partial charge is 0.457 e. The van der Waals surface area contributed by atoms with Gasteiger partial charge in [-0.05, 0) is 142 Å². The Morgan fingerprint density at radius 3 is 1.63 bits per heavy atom. The Bertz CT molecular complexity index is 3580. The van der Waals surface area contributed by atoms with Crippen molar-refractivity contribution < 1.29 is 4.74 Å². The number of rotatable bonds is 10. The third kappa shape index (κ3) is 7.66. The van der Waals surface area contributed by atoms with Crippen molar-refractivity contribution in [3.05, 3.63) is 217 Å². The van der Waals surface area contributed by atoms with Crippen LogP contribution in [0.1, 0.15) is 61.8 Å². The molecule has 8 aromatic carbocycles. The van der Waals surface area contributed by atoms with E-state index in [0.29, 0.717) is 0 Å². The molecule has 0 N–H and O–H groups in total. The van der Waals surface area contributed by atoms with Crippen molar-refractivity contribution in [2.45, 2.75) is 53.4 Å². The number of pyridine rings is 1. The maximum absolute atomic E-state index is 6.78. The van der Waals surface area contributed by atoms with Crippen LogP contribution in [0.3, 0.4) is 0 Å². The van der Waals surface area contributed by atoms with Gasteiger partial charge in [0.15, 0.2) is 0 Å². The van der Waals surface area contributed by atoms with Gasteiger partial charge in [0.25, 0.3) is 0 Å². The molecule has 0 spiro atoms. The zero-order valence-electron chi connectivity index (χ0n) is 38.8. The van der Waals surface area contributed by atoms with Crippen LogP contribution >= 0.6 is 0 Å². The number of fused-ring (bicyclic) bond motifs is 4. The highest BCUT2D eigenvalue weighted by Crippen LogP contribution is 2.42. The molecule has 326 valence electrons. The van der Waals surface area contributed by atoms with E-state index in [4.69, 9.17) is 14.7 Å². The van der Waals surface area contributed by atoms with E-state index < -0.39 is 0 Å². The summed E-state index contributed by atoms with van der Waals surface area (Å²) < 4.78 is 11.4. The molecule has 0 aliphatic rings. The third-order valence-corrected chi connectivity index (χ3v) is 13.3. The van der Waals surface area contributed by atoms with Crippen molar-refractivity contribution in [3.63, 3.8) is 0 Å². The van der Waals surface area contributed by atoms with Crippen LogP contribution in [0.25, 0.3) is 89.1 Å². The zero-order valence-corrected chi connectivity index (χ0v) is 38.8. The SMILES string of the molecule is Cc1cnc(-n2c3ccccc3c3ccc(Oc4cccc(-c5nc6ccccc6n5-c5c(C(C)C)cc(-c6ccc(-c7ccc(-c8ccccc8)cc7)cc6)cc5C(C)C)c4)cc32)cc1C. The fourth-order valence-corrected chi connectivity index (χ4v) is 9.60. The Balaban J connectivity index is 0.973. The summed E-state index contributed by atoms with van der Waals surface area (Å²) in [5.41, 5.74) is 18.5. The van der Waals surface area contributed by atoms with E-state index in [0.717, 1.165) is 56.2 Å². The number of hydrogen-bond acceptors (Lipinski definition) is 3. The lowest BCUT2D eigenvalue weighted by atomic mass is 9.87. The molecular formula is C62H52N4O. The lowest BCUT2D eigenvalue weighted by Crippen LogP contribution is -2.09. The maximum Gasteiger partial charge on any atom is 0.145 e. The third-order valence-electron chi connectivity index (χ3n) is 13.3. The fraction of sp³-hybridized carbons (Fsp3) is 0.129. The van der Waals surface area contributed by atoms with Crippen LogP contribution < -0.4 is 4.74 Å². The van der Waals surface area contributed by atoms with Crippen LogP contribution in [0, 0.1) is 13.8 Å². The summed E-state index contributed by atoms with van der Waals surface area (Å²) in [7, 11) is 0. The summed E-state index contributed by atoms with van der Waals surface area (Å²) in [5.74, 6) is 3.73. The molecule has 3 heterocycles. The predicted molar refractivity (Wildman–Crippen MR) is 279 cm³/mol. The van der Waals surface area contributed by atoms with Crippen molar-refractivity contribution in [2.24, 2.45) is 0 Å². The lowest BCUT2D eigenvalue weighted by Gasteiger charge is -2.24. The molecule has 5 heteroatoms. The van der Waals surface area contributed by atoms with Crippen LogP contribution in [-0.2, 0) is 0 Å². The number of aryl methyl sites for hydroxylation is 2. The van der Waals surface area contributed by atoms with Gasteiger partial charge in [-0.3, -0.25) is 9.13 Å². The number of aromatic nitrogens is 4. The van der Waals surface area contributed by atoms with E-state index in [1.807, 2.05) is 12.3 Å². The van der Waals surface area contributed by atoms with Gasteiger partial charge in [0.05, 0.1) is 27.8 Å². The van der Waals surface area contributed by atoms with E-state index in [2.05, 4.69) is 233 Å². The zero-order chi connectivity index (χ0) is 45.8. The fourth-order valence-electron chi connectivity index (χ4n) is 9.60. The van der Waals surface area contributed by atoms with Gasteiger partial charge < -0.3 is 4.74 Å². The first-order valence-electron chi connectivity index (χ1n) is 23.4. The highest BCUT2D eigenvalue weighted by Gasteiger charge is 2.24. The highest BCUT2D eigenvalue weighted by atomic mass is 16.5. The highest BCUT2D eigenvalue weighted by molar-refractivity contribution is 6.09. The molecule has 0 fully saturated rings. The van der Waals surface area contributed by atoms with E-state index in [1.165, 1.54) is 66.7 Å². The first kappa shape index (κ1) is 41.7. The van der Waals surface area contributed by atoms with Gasteiger partial charge in [0.1, 0.15) is 23.1 Å². The molecule has 0 radical (unpaired) electrons. The average molecular weight is 869 g/mol. The Morgan fingerprint density at radius 2 is 0.970 bits per heavy atom. The maximum atomic E-state index is 6.78. The number of ether oxygens (including phenoxy) is 1. The van der Waals surface area contributed by atoms with Gasteiger partial charge in [-0.15, -0.1) is 0 Å². The molecule has 11 aromatic rings. The number of nitrogens with zero attached hydrogens (tertiary/aromatic N) is 4. The monoisotopic (exact) mass is 868 g/mol. The molecule has 5 nitrogen and oxygen atoms in total. The summed E-state index contributed by atoms with van der Waals surface area (Å²) in [5, 5.41) is 2.33. The molecule has 0 bridgehead atoms. The molecule has 0 aliphatic heterocycles. The van der Waals surface area contributed by atoms with Crippen molar-refractivity contribution in [1.29, 1.82) is 0 Å². The van der Waals surface area contributed by atoms with Crippen LogP contribution in [0.5, 0.6) is 11.5 Å². The molecule has 0 unspecified atom stereocenters. The van der Waals surface area contributed by atoms with Gasteiger partial charge in [-0.1, -0.05) is 149 Å². The average Bonchev–Trinajstić information content (AvgIpc) is 3.91. The Hall–Kier alpha value is -8.02. The second kappa shape index (κ2) is 17.1. The first-order valence-corrected chi connectivity index (χ1v) is 23.4. The second-order valence-electron chi connectivity index (χ2n) is 18.4. The van der Waals surface area contributed by atoms with Gasteiger partial charge in [0.2, 0.25) is 0 Å². The minimum atomic E-state index is 0.239. The van der Waals surface area contributed by atoms with Crippen molar-refractivity contribution in [3.8, 4) is 67.8 Å². The van der Waals surface area contributed by atoms with E-state index in [9.17, 15) is 0 Å². The molecule has 3 aromatic heterocycles. The summed E-state index contributed by atoms with van der Waals surface area (Å²) in [6.07, 6.45) is 1.96. The lowest BCUT2D eigenvalue weighted by molar-refractivity contribution is 0.483. The minimum Gasteiger partial charge on any atom is -0.457 e. The molecular weight excluding hydrogens is 817 g/mol. The van der Waals surface area contributed by atoms with Crippen LogP contribution in [0.15, 0.2) is 194 Å². The van der Waals surface area contributed by atoms with E-state index in [-0.39, 0.29) is 11.8 Å². The van der Waals surface area contributed by atoms with Gasteiger partial charge >= 0.3 is 0 Å². The van der Waals surface area contributed by atoms with Crippen molar-refractivity contribution in [2.75, 3.05) is 0 Å². The van der Waals surface area contributed by atoms with Gasteiger partial charge in [-0.2, -0.15) is 0 Å². The number of para-hydroxylation sites is 3. The molecule has 11 rings (SSSR count). The molecule has 0 saturated carbocycles. The summed E-state index contributed by atoms with van der Waals surface area (Å²) in [6.45, 7) is 13.4. The number of hydrogen-bond donors (Lipinski definition) is 0. The number of imidazole rings is 1. The normalized spacial score (nSPS) is 11.7. The van der Waals surface area contributed by atoms with Crippen LogP contribution in [0.4, 0.5) is 0 Å². The number of benzene rings is 8. The first-order chi connectivity index (χ1) is 32.7. The van der Waals surface area contributed by atoms with Crippen LogP contribution in [-0.4, -0.2) is 19.1 Å². The molecule has 0 saturated heterocycles. The Morgan fingerprint density at radius 1 is 0.418 bits per heavy atom. The molecule has 0 amide bonds. The van der Waals surface area contributed by atoms with Gasteiger partial charge in [0, 0.05) is 28.6 Å². The minimum absolute atomic E-state index is 0.239. The van der Waals surface area contributed by atoms with Crippen LogP contribution in [0.2, 0.25) is 0 Å².